The molecule has 0 radical (unpaired) electrons. The molecule has 0 saturated carbocycles. The third-order valence-electron chi connectivity index (χ3n) is 6.78. The molecule has 7 heteroatoms. The summed E-state index contributed by atoms with van der Waals surface area (Å²) in [6.45, 7) is 3.61. The van der Waals surface area contributed by atoms with Crippen LogP contribution in [-0.2, 0) is 4.79 Å². The molecule has 1 aliphatic rings. The lowest BCUT2D eigenvalue weighted by molar-refractivity contribution is -0.120. The molecule has 1 saturated heterocycles. The number of amides is 1. The number of thiazole rings is 1. The smallest absolute Gasteiger partial charge is 0.229 e. The molecule has 1 aliphatic heterocycles. The largest absolute Gasteiger partial charge is 0.356 e. The van der Waals surface area contributed by atoms with Gasteiger partial charge in [-0.15, -0.1) is 11.3 Å². The number of aryl methyl sites for hydroxylation is 1. The van der Waals surface area contributed by atoms with Crippen LogP contribution in [0.25, 0.3) is 32.0 Å². The Morgan fingerprint density at radius 1 is 0.973 bits per heavy atom. The van der Waals surface area contributed by atoms with E-state index >= 15 is 0 Å². The van der Waals surface area contributed by atoms with Gasteiger partial charge in [-0.3, -0.25) is 4.79 Å². The molecule has 6 nitrogen and oxygen atoms in total. The quantitative estimate of drug-likeness (QED) is 0.292. The number of hydrogen-bond acceptors (Lipinski definition) is 6. The van der Waals surface area contributed by atoms with E-state index in [-0.39, 0.29) is 11.8 Å². The van der Waals surface area contributed by atoms with Gasteiger partial charge in [-0.1, -0.05) is 36.4 Å². The molecule has 1 fully saturated rings. The molecule has 2 aromatic heterocycles. The fourth-order valence-corrected chi connectivity index (χ4v) is 5.85. The summed E-state index contributed by atoms with van der Waals surface area (Å²) in [5.74, 6) is 0.808. The van der Waals surface area contributed by atoms with E-state index in [2.05, 4.69) is 45.3 Å². The Morgan fingerprint density at radius 2 is 1.81 bits per heavy atom. The summed E-state index contributed by atoms with van der Waals surface area (Å²) in [5, 5.41) is 4.11. The van der Waals surface area contributed by atoms with Crippen molar-refractivity contribution in [1.29, 1.82) is 0 Å². The number of piperidine rings is 1. The van der Waals surface area contributed by atoms with Gasteiger partial charge >= 0.3 is 0 Å². The minimum Gasteiger partial charge on any atom is -0.356 e. The highest BCUT2D eigenvalue weighted by Gasteiger charge is 2.27. The monoisotopic (exact) mass is 505 g/mol. The summed E-state index contributed by atoms with van der Waals surface area (Å²) in [7, 11) is 0. The molecule has 3 aromatic carbocycles. The highest BCUT2D eigenvalue weighted by atomic mass is 32.1. The molecule has 3 heterocycles. The average Bonchev–Trinajstić information content (AvgIpc) is 3.37. The van der Waals surface area contributed by atoms with Crippen molar-refractivity contribution in [3.05, 3.63) is 90.8 Å². The van der Waals surface area contributed by atoms with E-state index in [9.17, 15) is 4.79 Å². The zero-order chi connectivity index (χ0) is 25.2. The molecular formula is C30H27N5OS. The molecule has 6 rings (SSSR count). The highest BCUT2D eigenvalue weighted by molar-refractivity contribution is 7.21. The van der Waals surface area contributed by atoms with Crippen LogP contribution < -0.4 is 10.2 Å². The fraction of sp³-hybridized carbons (Fsp3) is 0.200. The number of anilines is 2. The van der Waals surface area contributed by atoms with Gasteiger partial charge in [0.15, 0.2) is 0 Å². The fourth-order valence-electron chi connectivity index (χ4n) is 4.78. The molecule has 1 unspecified atom stereocenters. The summed E-state index contributed by atoms with van der Waals surface area (Å²) >= 11 is 1.69. The lowest BCUT2D eigenvalue weighted by atomic mass is 9.97. The van der Waals surface area contributed by atoms with Gasteiger partial charge in [0.1, 0.15) is 17.2 Å². The van der Waals surface area contributed by atoms with Crippen LogP contribution in [0.2, 0.25) is 0 Å². The summed E-state index contributed by atoms with van der Waals surface area (Å²) in [5.41, 5.74) is 6.06. The van der Waals surface area contributed by atoms with Crippen LogP contribution >= 0.6 is 11.3 Å². The van der Waals surface area contributed by atoms with E-state index in [0.29, 0.717) is 6.54 Å². The van der Waals surface area contributed by atoms with Gasteiger partial charge in [0, 0.05) is 36.0 Å². The second-order valence-electron chi connectivity index (χ2n) is 9.47. The third kappa shape index (κ3) is 5.08. The molecule has 37 heavy (non-hydrogen) atoms. The Bertz CT molecular complexity index is 1550. The van der Waals surface area contributed by atoms with Crippen molar-refractivity contribution in [2.45, 2.75) is 19.8 Å². The number of nitrogens with zero attached hydrogens (tertiary/aromatic N) is 4. The first-order valence-electron chi connectivity index (χ1n) is 12.5. The topological polar surface area (TPSA) is 71.0 Å². The number of carbonyl (C=O) groups excluding carboxylic acids is 1. The highest BCUT2D eigenvalue weighted by Crippen LogP contribution is 2.32. The maximum atomic E-state index is 13.2. The number of fused-ring (bicyclic) bond motifs is 1. The van der Waals surface area contributed by atoms with Crippen LogP contribution in [-0.4, -0.2) is 33.9 Å². The van der Waals surface area contributed by atoms with Crippen molar-refractivity contribution >= 4 is 39.0 Å². The van der Waals surface area contributed by atoms with Crippen LogP contribution in [0.15, 0.2) is 85.2 Å². The van der Waals surface area contributed by atoms with E-state index in [4.69, 9.17) is 4.98 Å². The number of carbonyl (C=O) groups is 1. The van der Waals surface area contributed by atoms with Gasteiger partial charge in [-0.2, -0.15) is 0 Å². The van der Waals surface area contributed by atoms with Crippen LogP contribution in [0.3, 0.4) is 0 Å². The number of rotatable bonds is 5. The van der Waals surface area contributed by atoms with E-state index < -0.39 is 0 Å². The van der Waals surface area contributed by atoms with Crippen LogP contribution in [0.1, 0.15) is 18.4 Å². The Morgan fingerprint density at radius 3 is 2.65 bits per heavy atom. The van der Waals surface area contributed by atoms with Crippen molar-refractivity contribution < 1.29 is 4.79 Å². The molecular weight excluding hydrogens is 478 g/mol. The average molecular weight is 506 g/mol. The normalized spacial score (nSPS) is 15.6. The predicted octanol–water partition coefficient (Wildman–Crippen LogP) is 6.58. The number of nitrogens with one attached hydrogen (secondary N) is 1. The molecule has 0 bridgehead atoms. The zero-order valence-corrected chi connectivity index (χ0v) is 21.4. The van der Waals surface area contributed by atoms with E-state index in [0.717, 1.165) is 58.2 Å². The van der Waals surface area contributed by atoms with Gasteiger partial charge in [0.05, 0.1) is 21.8 Å². The number of benzene rings is 3. The van der Waals surface area contributed by atoms with E-state index in [1.54, 1.807) is 17.7 Å². The third-order valence-corrected chi connectivity index (χ3v) is 7.85. The first-order valence-corrected chi connectivity index (χ1v) is 13.3. The first kappa shape index (κ1) is 23.3. The van der Waals surface area contributed by atoms with Gasteiger partial charge in [-0.05, 0) is 61.7 Å². The van der Waals surface area contributed by atoms with E-state index in [1.807, 2.05) is 60.7 Å². The van der Waals surface area contributed by atoms with Crippen LogP contribution in [0, 0.1) is 12.8 Å². The lowest BCUT2D eigenvalue weighted by Gasteiger charge is -2.33. The molecule has 1 amide bonds. The van der Waals surface area contributed by atoms with Crippen molar-refractivity contribution in [2.75, 3.05) is 23.3 Å². The Kier molecular flexibility index (Phi) is 6.37. The molecule has 1 atom stereocenters. The Labute approximate surface area is 220 Å². The second-order valence-corrected chi connectivity index (χ2v) is 10.5. The SMILES string of the molecule is Cc1ccc2nc(-c3ccc(NC(=O)C4CCCN(c5cc(-c6ccccc6)ncn5)C4)cc3)sc2c1. The lowest BCUT2D eigenvalue weighted by Crippen LogP contribution is -2.41. The molecule has 5 aromatic rings. The van der Waals surface area contributed by atoms with Crippen molar-refractivity contribution in [3.8, 4) is 21.8 Å². The maximum Gasteiger partial charge on any atom is 0.229 e. The Hall–Kier alpha value is -4.10. The molecule has 0 aliphatic carbocycles. The minimum atomic E-state index is -0.101. The summed E-state index contributed by atoms with van der Waals surface area (Å²) in [6, 6.07) is 26.4. The van der Waals surface area contributed by atoms with Crippen molar-refractivity contribution in [2.24, 2.45) is 5.92 Å². The van der Waals surface area contributed by atoms with Gasteiger partial charge in [0.2, 0.25) is 5.91 Å². The zero-order valence-electron chi connectivity index (χ0n) is 20.6. The Balaban J connectivity index is 1.12. The number of hydrogen-bond donors (Lipinski definition) is 1. The minimum absolute atomic E-state index is 0.0465. The van der Waals surface area contributed by atoms with Crippen molar-refractivity contribution in [3.63, 3.8) is 0 Å². The summed E-state index contributed by atoms with van der Waals surface area (Å²) < 4.78 is 1.19. The van der Waals surface area contributed by atoms with Gasteiger partial charge in [-0.25, -0.2) is 15.0 Å². The summed E-state index contributed by atoms with van der Waals surface area (Å²) in [6.07, 6.45) is 3.41. The first-order chi connectivity index (χ1) is 18.1. The van der Waals surface area contributed by atoms with Gasteiger partial charge < -0.3 is 10.2 Å². The standard InChI is InChI=1S/C30H27N5OS/c1-20-9-14-25-27(16-20)37-30(34-25)22-10-12-24(13-11-22)33-29(36)23-8-5-15-35(18-23)28-17-26(31-19-32-28)21-6-3-2-4-7-21/h2-4,6-7,9-14,16-17,19,23H,5,8,15,18H2,1H3,(H,33,36). The maximum absolute atomic E-state index is 13.2. The molecule has 184 valence electrons. The van der Waals surface area contributed by atoms with Gasteiger partial charge in [0.25, 0.3) is 0 Å². The van der Waals surface area contributed by atoms with E-state index in [1.165, 1.54) is 10.3 Å². The predicted molar refractivity (Wildman–Crippen MR) is 151 cm³/mol. The number of aromatic nitrogens is 3. The molecule has 0 spiro atoms. The summed E-state index contributed by atoms with van der Waals surface area (Å²) in [4.78, 5) is 29.1. The molecule has 1 N–H and O–H groups in total. The van der Waals surface area contributed by atoms with Crippen LogP contribution in [0.4, 0.5) is 11.5 Å². The van der Waals surface area contributed by atoms with Crippen LogP contribution in [0.5, 0.6) is 0 Å². The second kappa shape index (κ2) is 10.1. The van der Waals surface area contributed by atoms with Crippen molar-refractivity contribution in [1.82, 2.24) is 15.0 Å².